The van der Waals surface area contributed by atoms with Crippen LogP contribution in [0.25, 0.3) is 0 Å². The Hall–Kier alpha value is -2.22. The number of benzene rings is 1. The van der Waals surface area contributed by atoms with Crippen LogP contribution in [0.2, 0.25) is 0 Å². The van der Waals surface area contributed by atoms with Gasteiger partial charge >= 0.3 is 5.97 Å². The van der Waals surface area contributed by atoms with Gasteiger partial charge in [-0.1, -0.05) is 17.8 Å². The highest BCUT2D eigenvalue weighted by molar-refractivity contribution is 7.99. The van der Waals surface area contributed by atoms with Crippen LogP contribution >= 0.6 is 11.8 Å². The van der Waals surface area contributed by atoms with Gasteiger partial charge in [0.25, 0.3) is 0 Å². The van der Waals surface area contributed by atoms with Crippen LogP contribution in [0.1, 0.15) is 5.56 Å². The van der Waals surface area contributed by atoms with Crippen LogP contribution in [-0.2, 0) is 11.3 Å². The van der Waals surface area contributed by atoms with Gasteiger partial charge < -0.3 is 19.1 Å². The van der Waals surface area contributed by atoms with Gasteiger partial charge in [0.1, 0.15) is 6.33 Å². The maximum atomic E-state index is 10.6. The van der Waals surface area contributed by atoms with E-state index in [9.17, 15) is 4.79 Å². The van der Waals surface area contributed by atoms with Gasteiger partial charge in [0.2, 0.25) is 6.79 Å². The molecule has 0 fully saturated rings. The van der Waals surface area contributed by atoms with Crippen molar-refractivity contribution in [3.8, 4) is 11.5 Å². The normalized spacial score (nSPS) is 12.6. The molecular weight excluding hydrogens is 282 g/mol. The molecule has 0 unspecified atom stereocenters. The smallest absolute Gasteiger partial charge is 0.313 e. The fourth-order valence-corrected chi connectivity index (χ4v) is 2.46. The lowest BCUT2D eigenvalue weighted by molar-refractivity contribution is -0.133. The monoisotopic (exact) mass is 293 g/mol. The van der Waals surface area contributed by atoms with Crippen LogP contribution in [0.3, 0.4) is 0 Å². The van der Waals surface area contributed by atoms with E-state index in [0.717, 1.165) is 28.8 Å². The predicted octanol–water partition coefficient (Wildman–Crippen LogP) is 1.23. The first-order valence-electron chi connectivity index (χ1n) is 5.83. The van der Waals surface area contributed by atoms with E-state index in [1.807, 2.05) is 18.2 Å². The second-order valence-electron chi connectivity index (χ2n) is 4.11. The number of fused-ring (bicyclic) bond motifs is 1. The van der Waals surface area contributed by atoms with E-state index in [0.29, 0.717) is 11.7 Å². The largest absolute Gasteiger partial charge is 0.481 e. The van der Waals surface area contributed by atoms with Crippen molar-refractivity contribution in [1.82, 2.24) is 14.8 Å². The molecule has 20 heavy (non-hydrogen) atoms. The van der Waals surface area contributed by atoms with Crippen LogP contribution < -0.4 is 9.47 Å². The van der Waals surface area contributed by atoms with Crippen LogP contribution in [-0.4, -0.2) is 38.4 Å². The Balaban J connectivity index is 1.74. The number of carbonyl (C=O) groups is 1. The molecule has 1 aliphatic rings. The quantitative estimate of drug-likeness (QED) is 0.830. The van der Waals surface area contributed by atoms with Crippen LogP contribution in [0.5, 0.6) is 11.5 Å². The average Bonchev–Trinajstić information content (AvgIpc) is 3.04. The zero-order chi connectivity index (χ0) is 13.9. The van der Waals surface area contributed by atoms with E-state index < -0.39 is 5.97 Å². The van der Waals surface area contributed by atoms with Crippen LogP contribution in [0.4, 0.5) is 0 Å². The van der Waals surface area contributed by atoms with Gasteiger partial charge in [0.05, 0.1) is 12.3 Å². The van der Waals surface area contributed by atoms with E-state index in [4.69, 9.17) is 14.6 Å². The first-order valence-corrected chi connectivity index (χ1v) is 6.82. The number of ether oxygens (including phenoxy) is 2. The number of thioether (sulfide) groups is 1. The molecule has 8 heteroatoms. The summed E-state index contributed by atoms with van der Waals surface area (Å²) in [7, 11) is 0. The van der Waals surface area contributed by atoms with Gasteiger partial charge in [0, 0.05) is 0 Å². The molecule has 0 aliphatic carbocycles. The van der Waals surface area contributed by atoms with Crippen molar-refractivity contribution in [1.29, 1.82) is 0 Å². The Labute approximate surface area is 118 Å². The number of nitrogens with zero attached hydrogens (tertiary/aromatic N) is 3. The van der Waals surface area contributed by atoms with Crippen LogP contribution in [0, 0.1) is 0 Å². The zero-order valence-electron chi connectivity index (χ0n) is 10.4. The molecule has 2 aromatic rings. The Morgan fingerprint density at radius 3 is 3.10 bits per heavy atom. The topological polar surface area (TPSA) is 86.5 Å². The lowest BCUT2D eigenvalue weighted by atomic mass is 10.2. The summed E-state index contributed by atoms with van der Waals surface area (Å²) in [6, 6.07) is 5.68. The molecule has 104 valence electrons. The molecule has 0 spiro atoms. The van der Waals surface area contributed by atoms with Crippen molar-refractivity contribution in [3.05, 3.63) is 30.1 Å². The number of aromatic nitrogens is 3. The predicted molar refractivity (Wildman–Crippen MR) is 70.0 cm³/mol. The summed E-state index contributed by atoms with van der Waals surface area (Å²) < 4.78 is 12.4. The summed E-state index contributed by atoms with van der Waals surface area (Å²) in [6.45, 7) is 0.788. The molecule has 1 N–H and O–H groups in total. The minimum Gasteiger partial charge on any atom is -0.481 e. The van der Waals surface area contributed by atoms with Gasteiger partial charge in [0.15, 0.2) is 16.7 Å². The summed E-state index contributed by atoms with van der Waals surface area (Å²) in [4.78, 5) is 10.6. The molecule has 0 radical (unpaired) electrons. The highest BCUT2D eigenvalue weighted by Gasteiger charge is 2.14. The number of aliphatic carboxylic acids is 1. The highest BCUT2D eigenvalue weighted by Crippen LogP contribution is 2.32. The Bertz CT molecular complexity index is 643. The fraction of sp³-hybridized carbons (Fsp3) is 0.250. The van der Waals surface area contributed by atoms with Crippen molar-refractivity contribution in [2.75, 3.05) is 12.5 Å². The molecule has 3 rings (SSSR count). The summed E-state index contributed by atoms with van der Waals surface area (Å²) in [5.74, 6) is 0.528. The molecule has 0 bridgehead atoms. The third-order valence-corrected chi connectivity index (χ3v) is 3.66. The molecule has 0 saturated carbocycles. The molecular formula is C12H11N3O4S. The number of carboxylic acid groups (broad SMARTS) is 1. The van der Waals surface area contributed by atoms with Gasteiger partial charge in [-0.25, -0.2) is 0 Å². The van der Waals surface area contributed by atoms with Gasteiger partial charge in [-0.05, 0) is 17.7 Å². The average molecular weight is 293 g/mol. The van der Waals surface area contributed by atoms with E-state index in [-0.39, 0.29) is 12.5 Å². The highest BCUT2D eigenvalue weighted by atomic mass is 32.2. The summed E-state index contributed by atoms with van der Waals surface area (Å²) in [5.41, 5.74) is 1.01. The second kappa shape index (κ2) is 5.41. The van der Waals surface area contributed by atoms with Crippen molar-refractivity contribution in [2.24, 2.45) is 0 Å². The van der Waals surface area contributed by atoms with Crippen molar-refractivity contribution in [2.45, 2.75) is 11.7 Å². The standard InChI is InChI=1S/C12H11N3O4S/c16-11(17)5-20-12-14-13-6-15(12)4-8-1-2-9-10(3-8)19-7-18-9/h1-3,6H,4-5,7H2,(H,16,17). The molecule has 1 aromatic heterocycles. The molecule has 0 saturated heterocycles. The minimum absolute atomic E-state index is 0.0418. The van der Waals surface area contributed by atoms with E-state index in [2.05, 4.69) is 10.2 Å². The lowest BCUT2D eigenvalue weighted by Gasteiger charge is -2.06. The van der Waals surface area contributed by atoms with E-state index in [1.165, 1.54) is 0 Å². The molecule has 0 amide bonds. The summed E-state index contributed by atoms with van der Waals surface area (Å²) in [5, 5.41) is 17.0. The fourth-order valence-electron chi connectivity index (χ4n) is 1.83. The SMILES string of the molecule is O=C(O)CSc1nncn1Cc1ccc2c(c1)OCO2. The van der Waals surface area contributed by atoms with Gasteiger partial charge in [-0.3, -0.25) is 4.79 Å². The maximum absolute atomic E-state index is 10.6. The molecule has 1 aromatic carbocycles. The van der Waals surface area contributed by atoms with Crippen molar-refractivity contribution >= 4 is 17.7 Å². The second-order valence-corrected chi connectivity index (χ2v) is 5.05. The first kappa shape index (κ1) is 12.8. The summed E-state index contributed by atoms with van der Waals surface area (Å²) >= 11 is 1.14. The third kappa shape index (κ3) is 2.69. The van der Waals surface area contributed by atoms with E-state index in [1.54, 1.807) is 10.9 Å². The zero-order valence-corrected chi connectivity index (χ0v) is 11.2. The Kier molecular flexibility index (Phi) is 3.46. The number of hydrogen-bond acceptors (Lipinski definition) is 6. The number of rotatable bonds is 5. The molecule has 2 heterocycles. The number of hydrogen-bond donors (Lipinski definition) is 1. The molecule has 1 aliphatic heterocycles. The van der Waals surface area contributed by atoms with Crippen molar-refractivity contribution < 1.29 is 19.4 Å². The maximum Gasteiger partial charge on any atom is 0.313 e. The summed E-state index contributed by atoms with van der Waals surface area (Å²) in [6.07, 6.45) is 1.58. The lowest BCUT2D eigenvalue weighted by Crippen LogP contribution is -2.03. The molecule has 7 nitrogen and oxygen atoms in total. The van der Waals surface area contributed by atoms with Gasteiger partial charge in [-0.2, -0.15) is 0 Å². The van der Waals surface area contributed by atoms with E-state index >= 15 is 0 Å². The Morgan fingerprint density at radius 2 is 2.25 bits per heavy atom. The van der Waals surface area contributed by atoms with Crippen LogP contribution in [0.15, 0.2) is 29.7 Å². The Morgan fingerprint density at radius 1 is 1.40 bits per heavy atom. The third-order valence-electron chi connectivity index (χ3n) is 2.69. The van der Waals surface area contributed by atoms with Gasteiger partial charge in [-0.15, -0.1) is 10.2 Å². The first-order chi connectivity index (χ1) is 9.72. The minimum atomic E-state index is -0.882. The number of carboxylic acids is 1. The molecule has 0 atom stereocenters. The van der Waals surface area contributed by atoms with Crippen molar-refractivity contribution in [3.63, 3.8) is 0 Å².